The van der Waals surface area contributed by atoms with Gasteiger partial charge in [-0.3, -0.25) is 9.69 Å². The van der Waals surface area contributed by atoms with Crippen LogP contribution in [0.5, 0.6) is 0 Å². The van der Waals surface area contributed by atoms with Gasteiger partial charge in [0.1, 0.15) is 0 Å². The molecule has 0 radical (unpaired) electrons. The van der Waals surface area contributed by atoms with E-state index in [0.717, 1.165) is 19.3 Å². The first-order chi connectivity index (χ1) is 13.8. The number of carbonyl (C=O) groups is 1. The fourth-order valence-corrected chi connectivity index (χ4v) is 5.66. The van der Waals surface area contributed by atoms with Gasteiger partial charge in [0.05, 0.1) is 10.9 Å². The Bertz CT molecular complexity index is 780. The molecule has 1 aromatic rings. The van der Waals surface area contributed by atoms with Gasteiger partial charge < -0.3 is 5.32 Å². The molecule has 1 aliphatic heterocycles. The monoisotopic (exact) mass is 421 g/mol. The third-order valence-electron chi connectivity index (χ3n) is 6.60. The summed E-state index contributed by atoms with van der Waals surface area (Å²) in [7, 11) is -3.49. The maximum atomic E-state index is 13.0. The van der Waals surface area contributed by atoms with Crippen LogP contribution in [0.25, 0.3) is 0 Å². The van der Waals surface area contributed by atoms with E-state index < -0.39 is 10.0 Å². The summed E-state index contributed by atoms with van der Waals surface area (Å²) in [5, 5.41) is 3.15. The molecule has 1 aliphatic carbocycles. The highest BCUT2D eigenvalue weighted by Gasteiger charge is 2.32. The number of sulfonamides is 1. The minimum atomic E-state index is -3.49. The quantitative estimate of drug-likeness (QED) is 0.735. The smallest absolute Gasteiger partial charge is 0.243 e. The maximum Gasteiger partial charge on any atom is 0.243 e. The maximum absolute atomic E-state index is 13.0. The molecule has 3 rings (SSSR count). The highest BCUT2D eigenvalue weighted by Crippen LogP contribution is 2.23. The lowest BCUT2D eigenvalue weighted by atomic mass is 9.99. The van der Waals surface area contributed by atoms with E-state index in [1.807, 2.05) is 19.1 Å². The van der Waals surface area contributed by atoms with Gasteiger partial charge in [0.25, 0.3) is 0 Å². The topological polar surface area (TPSA) is 69.7 Å². The fourth-order valence-electron chi connectivity index (χ4n) is 4.24. The van der Waals surface area contributed by atoms with E-state index in [-0.39, 0.29) is 11.9 Å². The first-order valence-electron chi connectivity index (χ1n) is 11.0. The molecule has 1 heterocycles. The summed E-state index contributed by atoms with van der Waals surface area (Å²) in [4.78, 5) is 15.0. The van der Waals surface area contributed by atoms with Gasteiger partial charge in [0, 0.05) is 32.2 Å². The van der Waals surface area contributed by atoms with E-state index >= 15 is 0 Å². The normalized spacial score (nSPS) is 21.8. The molecule has 1 saturated heterocycles. The number of carbonyl (C=O) groups excluding carboxylic acids is 1. The zero-order valence-electron chi connectivity index (χ0n) is 17.9. The van der Waals surface area contributed by atoms with E-state index in [1.165, 1.54) is 18.4 Å². The van der Waals surface area contributed by atoms with Crippen LogP contribution in [0.1, 0.15) is 64.4 Å². The van der Waals surface area contributed by atoms with Crippen molar-refractivity contribution in [2.24, 2.45) is 0 Å². The highest BCUT2D eigenvalue weighted by molar-refractivity contribution is 7.89. The molecule has 1 saturated carbocycles. The number of rotatable bonds is 7. The molecule has 29 heavy (non-hydrogen) atoms. The van der Waals surface area contributed by atoms with Gasteiger partial charge in [-0.15, -0.1) is 0 Å². The van der Waals surface area contributed by atoms with Crippen LogP contribution in [0, 0.1) is 0 Å². The summed E-state index contributed by atoms with van der Waals surface area (Å²) < 4.78 is 27.6. The van der Waals surface area contributed by atoms with Crippen molar-refractivity contribution >= 4 is 15.9 Å². The van der Waals surface area contributed by atoms with E-state index in [0.29, 0.717) is 43.0 Å². The van der Waals surface area contributed by atoms with Crippen LogP contribution in [0.3, 0.4) is 0 Å². The van der Waals surface area contributed by atoms with Crippen LogP contribution >= 0.6 is 0 Å². The van der Waals surface area contributed by atoms with Crippen molar-refractivity contribution < 1.29 is 13.2 Å². The average molecular weight is 422 g/mol. The average Bonchev–Trinajstić information content (AvgIpc) is 3.25. The zero-order chi connectivity index (χ0) is 21.0. The number of nitrogens with one attached hydrogen (secondary N) is 1. The molecule has 0 bridgehead atoms. The second-order valence-electron chi connectivity index (χ2n) is 8.48. The Labute approximate surface area is 175 Å². The van der Waals surface area contributed by atoms with Crippen molar-refractivity contribution in [3.05, 3.63) is 29.8 Å². The minimum Gasteiger partial charge on any atom is -0.352 e. The predicted octanol–water partition coefficient (Wildman–Crippen LogP) is 2.95. The van der Waals surface area contributed by atoms with Gasteiger partial charge in [-0.2, -0.15) is 4.31 Å². The molecule has 1 N–H and O–H groups in total. The van der Waals surface area contributed by atoms with E-state index in [9.17, 15) is 13.2 Å². The van der Waals surface area contributed by atoms with E-state index in [2.05, 4.69) is 24.1 Å². The lowest BCUT2D eigenvalue weighted by Gasteiger charge is -2.37. The highest BCUT2D eigenvalue weighted by atomic mass is 32.2. The molecular formula is C22H35N3O3S. The van der Waals surface area contributed by atoms with Gasteiger partial charge in [-0.1, -0.05) is 38.8 Å². The molecule has 162 valence electrons. The zero-order valence-corrected chi connectivity index (χ0v) is 18.7. The van der Waals surface area contributed by atoms with Gasteiger partial charge >= 0.3 is 0 Å². The lowest BCUT2D eigenvalue weighted by Crippen LogP contribution is -2.55. The van der Waals surface area contributed by atoms with Crippen molar-refractivity contribution in [3.63, 3.8) is 0 Å². The molecule has 0 spiro atoms. The van der Waals surface area contributed by atoms with Gasteiger partial charge in [0.2, 0.25) is 15.9 Å². The second kappa shape index (κ2) is 9.58. The van der Waals surface area contributed by atoms with Gasteiger partial charge in [0.15, 0.2) is 0 Å². The Balaban J connectivity index is 1.56. The number of piperazine rings is 1. The van der Waals surface area contributed by atoms with E-state index in [1.54, 1.807) is 16.4 Å². The summed E-state index contributed by atoms with van der Waals surface area (Å²) >= 11 is 0. The standard InChI is InChI=1S/C22H35N3O3S/c1-4-17(2)19-9-11-21(12-10-19)29(27,28)25-15-13-24(14-16-25)18(3)22(26)23-20-7-5-6-8-20/h9-12,17-18,20H,4-8,13-16H2,1-3H3,(H,23,26)/t17-,18-/m0/s1. The number of hydrogen-bond acceptors (Lipinski definition) is 4. The molecule has 2 atom stereocenters. The summed E-state index contributed by atoms with van der Waals surface area (Å²) in [6.45, 7) is 8.17. The largest absolute Gasteiger partial charge is 0.352 e. The molecule has 1 aromatic carbocycles. The molecule has 0 unspecified atom stereocenters. The Morgan fingerprint density at radius 2 is 1.66 bits per heavy atom. The molecule has 7 heteroatoms. The summed E-state index contributed by atoms with van der Waals surface area (Å²) in [5.74, 6) is 0.487. The number of amides is 1. The van der Waals surface area contributed by atoms with Crippen molar-refractivity contribution in [1.29, 1.82) is 0 Å². The summed E-state index contributed by atoms with van der Waals surface area (Å²) in [6, 6.07) is 7.38. The van der Waals surface area contributed by atoms with Crippen molar-refractivity contribution in [3.8, 4) is 0 Å². The van der Waals surface area contributed by atoms with Crippen molar-refractivity contribution in [2.75, 3.05) is 26.2 Å². The number of benzene rings is 1. The second-order valence-corrected chi connectivity index (χ2v) is 10.4. The lowest BCUT2D eigenvalue weighted by molar-refractivity contribution is -0.127. The predicted molar refractivity (Wildman–Crippen MR) is 115 cm³/mol. The van der Waals surface area contributed by atoms with Crippen LogP contribution in [0.4, 0.5) is 0 Å². The Morgan fingerprint density at radius 1 is 1.07 bits per heavy atom. The van der Waals surface area contributed by atoms with Crippen LogP contribution in [0.2, 0.25) is 0 Å². The van der Waals surface area contributed by atoms with Crippen LogP contribution in [-0.2, 0) is 14.8 Å². The Kier molecular flexibility index (Phi) is 7.35. The van der Waals surface area contributed by atoms with Crippen molar-refractivity contribution in [2.45, 2.75) is 75.8 Å². The Hall–Kier alpha value is -1.44. The third-order valence-corrected chi connectivity index (χ3v) is 8.51. The van der Waals surface area contributed by atoms with Crippen LogP contribution < -0.4 is 5.32 Å². The number of hydrogen-bond donors (Lipinski definition) is 1. The van der Waals surface area contributed by atoms with Crippen LogP contribution in [-0.4, -0.2) is 61.8 Å². The first-order valence-corrected chi connectivity index (χ1v) is 12.4. The molecule has 1 amide bonds. The minimum absolute atomic E-state index is 0.0637. The summed E-state index contributed by atoms with van der Waals surface area (Å²) in [5.41, 5.74) is 1.17. The third kappa shape index (κ3) is 5.19. The molecule has 2 fully saturated rings. The fraction of sp³-hybridized carbons (Fsp3) is 0.682. The summed E-state index contributed by atoms with van der Waals surface area (Å²) in [6.07, 6.45) is 5.55. The molecule has 6 nitrogen and oxygen atoms in total. The molecule has 0 aromatic heterocycles. The Morgan fingerprint density at radius 3 is 2.21 bits per heavy atom. The van der Waals surface area contributed by atoms with Gasteiger partial charge in [-0.05, 0) is 49.8 Å². The first kappa shape index (κ1) is 22.2. The van der Waals surface area contributed by atoms with Crippen LogP contribution in [0.15, 0.2) is 29.2 Å². The van der Waals surface area contributed by atoms with E-state index in [4.69, 9.17) is 0 Å². The molecular weight excluding hydrogens is 386 g/mol. The van der Waals surface area contributed by atoms with Crippen molar-refractivity contribution in [1.82, 2.24) is 14.5 Å². The van der Waals surface area contributed by atoms with Gasteiger partial charge in [-0.25, -0.2) is 8.42 Å². The molecule has 2 aliphatic rings. The SMILES string of the molecule is CC[C@H](C)c1ccc(S(=O)(=O)N2CCN([C@@H](C)C(=O)NC3CCCC3)CC2)cc1. The number of nitrogens with zero attached hydrogens (tertiary/aromatic N) is 2.